The van der Waals surface area contributed by atoms with Crippen LogP contribution in [0.1, 0.15) is 19.4 Å². The molecule has 4 nitrogen and oxygen atoms in total. The first-order valence-electron chi connectivity index (χ1n) is 4.92. The molecule has 4 heteroatoms. The second-order valence-corrected chi connectivity index (χ2v) is 3.61. The summed E-state index contributed by atoms with van der Waals surface area (Å²) in [5.74, 6) is 0. The Morgan fingerprint density at radius 1 is 1.53 bits per heavy atom. The van der Waals surface area contributed by atoms with Crippen molar-refractivity contribution in [2.24, 2.45) is 0 Å². The van der Waals surface area contributed by atoms with Crippen LogP contribution in [0.2, 0.25) is 0 Å². The molecule has 0 saturated carbocycles. The Morgan fingerprint density at radius 3 is 3.00 bits per heavy atom. The molecule has 0 saturated heterocycles. The largest absolute Gasteiger partial charge is 0.326 e. The highest BCUT2D eigenvalue weighted by Gasteiger charge is 2.10. The molecule has 0 aliphatic rings. The van der Waals surface area contributed by atoms with Gasteiger partial charge in [-0.3, -0.25) is 4.57 Å². The molecule has 1 heterocycles. The zero-order valence-electron chi connectivity index (χ0n) is 8.53. The lowest BCUT2D eigenvalue weighted by molar-refractivity contribution is 0.569. The molecule has 0 aliphatic heterocycles. The SMILES string of the molecule is CC(CC=N)n1c(=O)[nH]c2ccccc21. The monoisotopic (exact) mass is 203 g/mol. The molecule has 78 valence electrons. The van der Waals surface area contributed by atoms with Crippen molar-refractivity contribution >= 4 is 17.2 Å². The highest BCUT2D eigenvalue weighted by atomic mass is 16.1. The molecule has 1 aromatic heterocycles. The van der Waals surface area contributed by atoms with E-state index < -0.39 is 0 Å². The van der Waals surface area contributed by atoms with Gasteiger partial charge < -0.3 is 10.4 Å². The minimum absolute atomic E-state index is 0.0196. The molecular formula is C11H13N3O. The van der Waals surface area contributed by atoms with Crippen molar-refractivity contribution < 1.29 is 0 Å². The fraction of sp³-hybridized carbons (Fsp3) is 0.273. The number of fused-ring (bicyclic) bond motifs is 1. The molecule has 15 heavy (non-hydrogen) atoms. The first-order chi connectivity index (χ1) is 7.24. The molecule has 1 atom stereocenters. The van der Waals surface area contributed by atoms with Crippen LogP contribution in [-0.2, 0) is 0 Å². The minimum atomic E-state index is -0.106. The van der Waals surface area contributed by atoms with E-state index in [4.69, 9.17) is 5.41 Å². The Balaban J connectivity index is 2.63. The number of nitrogens with one attached hydrogen (secondary N) is 2. The second-order valence-electron chi connectivity index (χ2n) is 3.61. The maximum absolute atomic E-state index is 11.7. The summed E-state index contributed by atoms with van der Waals surface area (Å²) in [6.07, 6.45) is 1.90. The molecule has 1 aromatic carbocycles. The first-order valence-corrected chi connectivity index (χ1v) is 4.92. The number of hydrogen-bond donors (Lipinski definition) is 2. The average molecular weight is 203 g/mol. The molecule has 2 aromatic rings. The lowest BCUT2D eigenvalue weighted by Gasteiger charge is -2.09. The van der Waals surface area contributed by atoms with Gasteiger partial charge in [0, 0.05) is 12.5 Å². The third-order valence-electron chi connectivity index (χ3n) is 2.52. The fourth-order valence-electron chi connectivity index (χ4n) is 1.79. The summed E-state index contributed by atoms with van der Waals surface area (Å²) in [6.45, 7) is 1.94. The van der Waals surface area contributed by atoms with E-state index in [2.05, 4.69) is 4.98 Å². The van der Waals surface area contributed by atoms with Crippen molar-refractivity contribution in [2.75, 3.05) is 0 Å². The topological polar surface area (TPSA) is 61.6 Å². The highest BCUT2D eigenvalue weighted by molar-refractivity contribution is 5.75. The van der Waals surface area contributed by atoms with Gasteiger partial charge >= 0.3 is 5.69 Å². The van der Waals surface area contributed by atoms with Crippen LogP contribution in [0.5, 0.6) is 0 Å². The molecule has 0 spiro atoms. The molecule has 0 fully saturated rings. The Hall–Kier alpha value is -1.84. The average Bonchev–Trinajstić information content (AvgIpc) is 2.54. The van der Waals surface area contributed by atoms with Crippen LogP contribution in [0.15, 0.2) is 29.1 Å². The van der Waals surface area contributed by atoms with E-state index in [0.717, 1.165) is 11.0 Å². The molecular weight excluding hydrogens is 190 g/mol. The third kappa shape index (κ3) is 1.58. The van der Waals surface area contributed by atoms with Gasteiger partial charge in [-0.25, -0.2) is 4.79 Å². The summed E-state index contributed by atoms with van der Waals surface area (Å²) < 4.78 is 1.69. The van der Waals surface area contributed by atoms with Gasteiger partial charge in [0.1, 0.15) is 0 Å². The summed E-state index contributed by atoms with van der Waals surface area (Å²) in [5, 5.41) is 7.06. The Kier molecular flexibility index (Phi) is 2.41. The standard InChI is InChI=1S/C11H13N3O/c1-8(6-7-12)14-10-5-3-2-4-9(10)13-11(14)15/h2-5,7-8,12H,6H2,1H3,(H,13,15). The molecule has 2 rings (SSSR count). The molecule has 0 amide bonds. The Bertz CT molecular complexity index is 538. The number of hydrogen-bond acceptors (Lipinski definition) is 2. The van der Waals surface area contributed by atoms with Gasteiger partial charge in [-0.15, -0.1) is 0 Å². The zero-order valence-corrected chi connectivity index (χ0v) is 8.53. The molecule has 2 N–H and O–H groups in total. The number of para-hydroxylation sites is 2. The quantitative estimate of drug-likeness (QED) is 0.735. The summed E-state index contributed by atoms with van der Waals surface area (Å²) in [6, 6.07) is 7.61. The van der Waals surface area contributed by atoms with E-state index in [1.807, 2.05) is 31.2 Å². The number of H-pyrrole nitrogens is 1. The first kappa shape index (κ1) is 9.71. The normalized spacial score (nSPS) is 12.9. The van der Waals surface area contributed by atoms with Gasteiger partial charge in [0.2, 0.25) is 0 Å². The van der Waals surface area contributed by atoms with Crippen molar-refractivity contribution in [3.8, 4) is 0 Å². The zero-order chi connectivity index (χ0) is 10.8. The van der Waals surface area contributed by atoms with Gasteiger partial charge in [-0.2, -0.15) is 0 Å². The number of nitrogens with zero attached hydrogens (tertiary/aromatic N) is 1. The fourth-order valence-corrected chi connectivity index (χ4v) is 1.79. The molecule has 0 bridgehead atoms. The second kappa shape index (κ2) is 3.73. The third-order valence-corrected chi connectivity index (χ3v) is 2.52. The van der Waals surface area contributed by atoms with Crippen LogP contribution in [0.3, 0.4) is 0 Å². The van der Waals surface area contributed by atoms with Crippen molar-refractivity contribution in [3.63, 3.8) is 0 Å². The van der Waals surface area contributed by atoms with Crippen molar-refractivity contribution in [2.45, 2.75) is 19.4 Å². The summed E-state index contributed by atoms with van der Waals surface area (Å²) in [4.78, 5) is 14.5. The maximum atomic E-state index is 11.7. The summed E-state index contributed by atoms with van der Waals surface area (Å²) in [5.41, 5.74) is 1.64. The Labute approximate surface area is 87.1 Å². The van der Waals surface area contributed by atoms with Crippen LogP contribution in [0.4, 0.5) is 0 Å². The van der Waals surface area contributed by atoms with Crippen LogP contribution >= 0.6 is 0 Å². The van der Waals surface area contributed by atoms with Gasteiger partial charge in [-0.05, 0) is 25.3 Å². The van der Waals surface area contributed by atoms with Crippen LogP contribution in [0, 0.1) is 5.41 Å². The number of rotatable bonds is 3. The number of aromatic nitrogens is 2. The van der Waals surface area contributed by atoms with Gasteiger partial charge in [0.05, 0.1) is 11.0 Å². The maximum Gasteiger partial charge on any atom is 0.326 e. The van der Waals surface area contributed by atoms with E-state index in [-0.39, 0.29) is 11.7 Å². The number of imidazole rings is 1. The minimum Gasteiger partial charge on any atom is -0.313 e. The van der Waals surface area contributed by atoms with Crippen LogP contribution in [-0.4, -0.2) is 15.8 Å². The van der Waals surface area contributed by atoms with Crippen molar-refractivity contribution in [1.29, 1.82) is 5.41 Å². The van der Waals surface area contributed by atoms with Crippen molar-refractivity contribution in [1.82, 2.24) is 9.55 Å². The molecule has 0 aliphatic carbocycles. The highest BCUT2D eigenvalue weighted by Crippen LogP contribution is 2.15. The van der Waals surface area contributed by atoms with Crippen molar-refractivity contribution in [3.05, 3.63) is 34.7 Å². The smallest absolute Gasteiger partial charge is 0.313 e. The number of aromatic amines is 1. The van der Waals surface area contributed by atoms with E-state index in [1.165, 1.54) is 6.21 Å². The number of benzene rings is 1. The molecule has 1 unspecified atom stereocenters. The van der Waals surface area contributed by atoms with Crippen LogP contribution < -0.4 is 5.69 Å². The summed E-state index contributed by atoms with van der Waals surface area (Å²) in [7, 11) is 0. The lowest BCUT2D eigenvalue weighted by atomic mass is 10.2. The van der Waals surface area contributed by atoms with E-state index in [9.17, 15) is 4.79 Å². The van der Waals surface area contributed by atoms with Crippen LogP contribution in [0.25, 0.3) is 11.0 Å². The van der Waals surface area contributed by atoms with E-state index >= 15 is 0 Å². The predicted molar refractivity (Wildman–Crippen MR) is 60.7 cm³/mol. The summed E-state index contributed by atoms with van der Waals surface area (Å²) >= 11 is 0. The van der Waals surface area contributed by atoms with Gasteiger partial charge in [-0.1, -0.05) is 12.1 Å². The van der Waals surface area contributed by atoms with Gasteiger partial charge in [0.15, 0.2) is 0 Å². The van der Waals surface area contributed by atoms with E-state index in [0.29, 0.717) is 6.42 Å². The van der Waals surface area contributed by atoms with E-state index in [1.54, 1.807) is 4.57 Å². The lowest BCUT2D eigenvalue weighted by Crippen LogP contribution is -2.20. The van der Waals surface area contributed by atoms with Gasteiger partial charge in [0.25, 0.3) is 0 Å². The molecule has 0 radical (unpaired) electrons. The Morgan fingerprint density at radius 2 is 2.27 bits per heavy atom. The predicted octanol–water partition coefficient (Wildman–Crippen LogP) is 1.93.